The lowest BCUT2D eigenvalue weighted by Crippen LogP contribution is -2.39. The summed E-state index contributed by atoms with van der Waals surface area (Å²) in [5.74, 6) is 1.40. The van der Waals surface area contributed by atoms with Crippen molar-refractivity contribution in [3.05, 3.63) is 36.3 Å². The summed E-state index contributed by atoms with van der Waals surface area (Å²) in [4.78, 5) is 8.86. The average molecular weight is 359 g/mol. The van der Waals surface area contributed by atoms with Gasteiger partial charge in [0.2, 0.25) is 0 Å². The second kappa shape index (κ2) is 10.1. The van der Waals surface area contributed by atoms with Gasteiger partial charge in [0, 0.05) is 58.1 Å². The van der Waals surface area contributed by atoms with Gasteiger partial charge in [0.15, 0.2) is 5.96 Å². The molecule has 3 rings (SSSR count). The van der Waals surface area contributed by atoms with Crippen molar-refractivity contribution in [2.75, 3.05) is 46.6 Å². The largest absolute Gasteiger partial charge is 0.381 e. The number of imidazole rings is 1. The number of aromatic nitrogens is 2. The van der Waals surface area contributed by atoms with E-state index in [1.54, 1.807) is 7.05 Å². The molecule has 0 spiro atoms. The predicted molar refractivity (Wildman–Crippen MR) is 103 cm³/mol. The van der Waals surface area contributed by atoms with Gasteiger partial charge in [-0.3, -0.25) is 4.99 Å². The van der Waals surface area contributed by atoms with Crippen LogP contribution in [-0.4, -0.2) is 61.9 Å². The van der Waals surface area contributed by atoms with Crippen molar-refractivity contribution in [2.45, 2.75) is 19.3 Å². The average Bonchev–Trinajstić information content (AvgIpc) is 3.32. The lowest BCUT2D eigenvalue weighted by Gasteiger charge is -2.12. The monoisotopic (exact) mass is 359 g/mol. The molecule has 0 aromatic carbocycles. The molecule has 0 radical (unpaired) electrons. The molecular weight excluding hydrogens is 330 g/mol. The third kappa shape index (κ3) is 5.71. The summed E-state index contributed by atoms with van der Waals surface area (Å²) in [7, 11) is 1.79. The van der Waals surface area contributed by atoms with Crippen molar-refractivity contribution < 1.29 is 9.47 Å². The van der Waals surface area contributed by atoms with Gasteiger partial charge in [0.25, 0.3) is 0 Å². The molecule has 2 aromatic rings. The van der Waals surface area contributed by atoms with E-state index < -0.39 is 0 Å². The number of ether oxygens (including phenoxy) is 2. The molecular formula is C19H29N5O2. The number of rotatable bonds is 9. The molecule has 2 aromatic heterocycles. The quantitative estimate of drug-likeness (QED) is 0.403. The Labute approximate surface area is 154 Å². The lowest BCUT2D eigenvalue weighted by atomic mass is 10.1. The van der Waals surface area contributed by atoms with Crippen LogP contribution < -0.4 is 10.6 Å². The highest BCUT2D eigenvalue weighted by molar-refractivity contribution is 5.79. The Morgan fingerprint density at radius 2 is 2.31 bits per heavy atom. The second-order valence-electron chi connectivity index (χ2n) is 6.53. The van der Waals surface area contributed by atoms with Crippen LogP contribution in [0, 0.1) is 5.92 Å². The molecule has 7 nitrogen and oxygen atoms in total. The first kappa shape index (κ1) is 18.7. The van der Waals surface area contributed by atoms with Crippen LogP contribution in [0.1, 0.15) is 18.5 Å². The van der Waals surface area contributed by atoms with Crippen LogP contribution >= 0.6 is 0 Å². The molecule has 1 unspecified atom stereocenters. The van der Waals surface area contributed by atoms with Crippen LogP contribution in [0.25, 0.3) is 5.65 Å². The van der Waals surface area contributed by atoms with E-state index in [1.807, 2.05) is 28.8 Å². The summed E-state index contributed by atoms with van der Waals surface area (Å²) in [6, 6.07) is 6.02. The summed E-state index contributed by atoms with van der Waals surface area (Å²) >= 11 is 0. The Kier molecular flexibility index (Phi) is 7.27. The van der Waals surface area contributed by atoms with Crippen LogP contribution in [0.2, 0.25) is 0 Å². The van der Waals surface area contributed by atoms with Crippen molar-refractivity contribution in [3.63, 3.8) is 0 Å². The first-order valence-corrected chi connectivity index (χ1v) is 9.38. The van der Waals surface area contributed by atoms with Gasteiger partial charge in [-0.25, -0.2) is 4.98 Å². The Bertz CT molecular complexity index is 661. The molecule has 1 aliphatic rings. The Hall–Kier alpha value is -2.12. The molecule has 1 atom stereocenters. The van der Waals surface area contributed by atoms with Gasteiger partial charge in [-0.15, -0.1) is 0 Å². The van der Waals surface area contributed by atoms with Gasteiger partial charge < -0.3 is 24.5 Å². The fraction of sp³-hybridized carbons (Fsp3) is 0.579. The molecule has 7 heteroatoms. The maximum atomic E-state index is 5.71. The standard InChI is InChI=1S/C19H29N5O2/c1-20-19(21-8-4-11-25-14-16-7-12-26-15-16)22-9-6-17-13-24-10-3-2-5-18(24)23-17/h2-3,5,10,13,16H,4,6-9,11-12,14-15H2,1H3,(H2,20,21,22). The van der Waals surface area contributed by atoms with Crippen LogP contribution in [0.5, 0.6) is 0 Å². The number of guanidine groups is 1. The van der Waals surface area contributed by atoms with E-state index in [0.717, 1.165) is 76.1 Å². The molecule has 2 N–H and O–H groups in total. The molecule has 26 heavy (non-hydrogen) atoms. The van der Waals surface area contributed by atoms with E-state index in [4.69, 9.17) is 9.47 Å². The van der Waals surface area contributed by atoms with Crippen LogP contribution in [0.3, 0.4) is 0 Å². The Morgan fingerprint density at radius 1 is 1.38 bits per heavy atom. The minimum absolute atomic E-state index is 0.581. The maximum Gasteiger partial charge on any atom is 0.190 e. The van der Waals surface area contributed by atoms with E-state index in [9.17, 15) is 0 Å². The van der Waals surface area contributed by atoms with Gasteiger partial charge in [-0.1, -0.05) is 6.07 Å². The SMILES string of the molecule is CN=C(NCCCOCC1CCOC1)NCCc1cn2ccccc2n1. The van der Waals surface area contributed by atoms with Crippen LogP contribution in [0.4, 0.5) is 0 Å². The number of hydrogen-bond donors (Lipinski definition) is 2. The predicted octanol–water partition coefficient (Wildman–Crippen LogP) is 1.49. The second-order valence-corrected chi connectivity index (χ2v) is 6.53. The third-order valence-corrected chi connectivity index (χ3v) is 4.45. The van der Waals surface area contributed by atoms with E-state index >= 15 is 0 Å². The van der Waals surface area contributed by atoms with Crippen molar-refractivity contribution in [1.29, 1.82) is 0 Å². The van der Waals surface area contributed by atoms with Gasteiger partial charge in [0.1, 0.15) is 5.65 Å². The van der Waals surface area contributed by atoms with Gasteiger partial charge in [-0.05, 0) is 25.0 Å². The number of hydrogen-bond acceptors (Lipinski definition) is 4. The molecule has 3 heterocycles. The summed E-state index contributed by atoms with van der Waals surface area (Å²) < 4.78 is 13.1. The zero-order chi connectivity index (χ0) is 18.0. The zero-order valence-corrected chi connectivity index (χ0v) is 15.5. The van der Waals surface area contributed by atoms with Crippen LogP contribution in [-0.2, 0) is 15.9 Å². The number of nitrogens with one attached hydrogen (secondary N) is 2. The molecule has 0 bridgehead atoms. The summed E-state index contributed by atoms with van der Waals surface area (Å²) in [6.45, 7) is 4.94. The topological polar surface area (TPSA) is 72.2 Å². The van der Waals surface area contributed by atoms with Crippen molar-refractivity contribution >= 4 is 11.6 Å². The van der Waals surface area contributed by atoms with Gasteiger partial charge in [-0.2, -0.15) is 0 Å². The van der Waals surface area contributed by atoms with Crippen LogP contribution in [0.15, 0.2) is 35.6 Å². The molecule has 0 amide bonds. The Morgan fingerprint density at radius 3 is 3.12 bits per heavy atom. The fourth-order valence-corrected chi connectivity index (χ4v) is 2.98. The maximum absolute atomic E-state index is 5.71. The number of pyridine rings is 1. The number of fused-ring (bicyclic) bond motifs is 1. The summed E-state index contributed by atoms with van der Waals surface area (Å²) in [5, 5.41) is 6.65. The van der Waals surface area contributed by atoms with Crippen molar-refractivity contribution in [1.82, 2.24) is 20.0 Å². The highest BCUT2D eigenvalue weighted by atomic mass is 16.5. The molecule has 142 valence electrons. The van der Waals surface area contributed by atoms with E-state index in [-0.39, 0.29) is 0 Å². The minimum atomic E-state index is 0.581. The molecule has 1 fully saturated rings. The van der Waals surface area contributed by atoms with E-state index in [2.05, 4.69) is 26.8 Å². The third-order valence-electron chi connectivity index (χ3n) is 4.45. The molecule has 1 saturated heterocycles. The van der Waals surface area contributed by atoms with Gasteiger partial charge >= 0.3 is 0 Å². The first-order valence-electron chi connectivity index (χ1n) is 9.38. The minimum Gasteiger partial charge on any atom is -0.381 e. The van der Waals surface area contributed by atoms with E-state index in [0.29, 0.717) is 5.92 Å². The first-order chi connectivity index (χ1) is 12.8. The normalized spacial score (nSPS) is 17.7. The number of aliphatic imine (C=N–C) groups is 1. The molecule has 0 aliphatic carbocycles. The number of nitrogens with zero attached hydrogens (tertiary/aromatic N) is 3. The van der Waals surface area contributed by atoms with Crippen molar-refractivity contribution in [3.8, 4) is 0 Å². The smallest absolute Gasteiger partial charge is 0.190 e. The molecule has 1 aliphatic heterocycles. The Balaban J connectivity index is 1.27. The highest BCUT2D eigenvalue weighted by Crippen LogP contribution is 2.12. The van der Waals surface area contributed by atoms with Crippen molar-refractivity contribution in [2.24, 2.45) is 10.9 Å². The van der Waals surface area contributed by atoms with E-state index in [1.165, 1.54) is 0 Å². The molecule has 0 saturated carbocycles. The zero-order valence-electron chi connectivity index (χ0n) is 15.5. The van der Waals surface area contributed by atoms with Gasteiger partial charge in [0.05, 0.1) is 18.9 Å². The highest BCUT2D eigenvalue weighted by Gasteiger charge is 2.15. The fourth-order valence-electron chi connectivity index (χ4n) is 2.98. The lowest BCUT2D eigenvalue weighted by molar-refractivity contribution is 0.0888. The summed E-state index contributed by atoms with van der Waals surface area (Å²) in [6.07, 6.45) is 7.03. The summed E-state index contributed by atoms with van der Waals surface area (Å²) in [5.41, 5.74) is 2.05.